The number of amides is 1. The lowest BCUT2D eigenvalue weighted by Crippen LogP contribution is -2.30. The number of likely N-dealkylation sites (N-methyl/N-ethyl adjacent to an activating group) is 1. The third-order valence-corrected chi connectivity index (χ3v) is 6.64. The van der Waals surface area contributed by atoms with Crippen molar-refractivity contribution >= 4 is 34.6 Å². The Hall–Kier alpha value is -4.27. The number of aliphatic imine (C=N–C) groups is 1. The number of carbonyl (C=O) groups excluding carboxylic acids is 1. The van der Waals surface area contributed by atoms with Gasteiger partial charge in [0.05, 0.1) is 5.69 Å². The molecule has 0 radical (unpaired) electrons. The van der Waals surface area contributed by atoms with Gasteiger partial charge in [0, 0.05) is 37.0 Å². The number of hydrogen-bond donors (Lipinski definition) is 1. The van der Waals surface area contributed by atoms with Crippen molar-refractivity contribution in [3.63, 3.8) is 0 Å². The van der Waals surface area contributed by atoms with E-state index in [0.29, 0.717) is 23.6 Å². The quantitative estimate of drug-likeness (QED) is 0.138. The molecule has 1 aliphatic rings. The largest absolute Gasteiger partial charge is 0.490 e. The number of primary amides is 1. The average Bonchev–Trinajstić information content (AvgIpc) is 3.21. The minimum Gasteiger partial charge on any atom is -0.490 e. The van der Waals surface area contributed by atoms with Crippen molar-refractivity contribution in [2.75, 3.05) is 13.7 Å². The lowest BCUT2D eigenvalue weighted by Gasteiger charge is -2.23. The zero-order valence-corrected chi connectivity index (χ0v) is 25.0. The molecular formula is C35H38ClN3O2. The van der Waals surface area contributed by atoms with Crippen LogP contribution in [0.4, 0.5) is 5.69 Å². The Labute approximate surface area is 249 Å². The maximum atomic E-state index is 11.6. The fourth-order valence-electron chi connectivity index (χ4n) is 4.03. The minimum absolute atomic E-state index is 0.244. The summed E-state index contributed by atoms with van der Waals surface area (Å²) in [6.07, 6.45) is 15.6. The Morgan fingerprint density at radius 1 is 1.20 bits per heavy atom. The number of hydrogen-bond acceptors (Lipinski definition) is 3. The summed E-state index contributed by atoms with van der Waals surface area (Å²) in [6, 6.07) is 14.0. The second kappa shape index (κ2) is 16.1. The van der Waals surface area contributed by atoms with Crippen LogP contribution in [0.25, 0.3) is 5.57 Å². The number of nitrogens with zero attached hydrogens (tertiary/aromatic N) is 2. The SMILES string of the molecule is C/C=C\C(=C/C#CCCC)c1ccc(/N=C(/COC2=CC=C(C(N)=O)C=CC2)N(C)Cc2cc(Cl)ccc2C)cc1. The summed E-state index contributed by atoms with van der Waals surface area (Å²) < 4.78 is 6.18. The van der Waals surface area contributed by atoms with Gasteiger partial charge in [0.25, 0.3) is 0 Å². The molecule has 0 saturated heterocycles. The molecular weight excluding hydrogens is 530 g/mol. The van der Waals surface area contributed by atoms with Crippen molar-refractivity contribution in [3.8, 4) is 11.8 Å². The number of carbonyl (C=O) groups is 1. The van der Waals surface area contributed by atoms with Crippen LogP contribution >= 0.6 is 11.6 Å². The van der Waals surface area contributed by atoms with Crippen LogP contribution in [-0.2, 0) is 16.1 Å². The zero-order valence-electron chi connectivity index (χ0n) is 24.3. The van der Waals surface area contributed by atoms with Crippen LogP contribution in [0.3, 0.4) is 0 Å². The summed E-state index contributed by atoms with van der Waals surface area (Å²) >= 11 is 6.29. The van der Waals surface area contributed by atoms with E-state index in [-0.39, 0.29) is 6.61 Å². The summed E-state index contributed by atoms with van der Waals surface area (Å²) in [4.78, 5) is 18.6. The van der Waals surface area contributed by atoms with Crippen LogP contribution < -0.4 is 5.73 Å². The number of ether oxygens (including phenoxy) is 1. The van der Waals surface area contributed by atoms with Gasteiger partial charge in [0.2, 0.25) is 5.91 Å². The fraction of sp³-hybridized carbons (Fsp3) is 0.257. The van der Waals surface area contributed by atoms with Crippen LogP contribution in [0, 0.1) is 18.8 Å². The molecule has 0 aliphatic heterocycles. The Morgan fingerprint density at radius 3 is 2.68 bits per heavy atom. The topological polar surface area (TPSA) is 67.9 Å². The van der Waals surface area contributed by atoms with Gasteiger partial charge in [0.15, 0.2) is 0 Å². The summed E-state index contributed by atoms with van der Waals surface area (Å²) in [7, 11) is 1.99. The normalized spacial score (nSPS) is 13.7. The van der Waals surface area contributed by atoms with Crippen molar-refractivity contribution in [3.05, 3.63) is 118 Å². The molecule has 0 aromatic heterocycles. The second-order valence-electron chi connectivity index (χ2n) is 9.69. The number of halogens is 1. The highest BCUT2D eigenvalue weighted by Gasteiger charge is 2.13. The molecule has 3 rings (SSSR count). The molecule has 0 unspecified atom stereocenters. The van der Waals surface area contributed by atoms with Crippen LogP contribution in [0.2, 0.25) is 5.02 Å². The molecule has 2 N–H and O–H groups in total. The lowest BCUT2D eigenvalue weighted by atomic mass is 10.0. The van der Waals surface area contributed by atoms with E-state index in [2.05, 4.69) is 48.8 Å². The van der Waals surface area contributed by atoms with E-state index in [9.17, 15) is 4.79 Å². The highest BCUT2D eigenvalue weighted by atomic mass is 35.5. The number of nitrogens with two attached hydrogens (primary N) is 1. The smallest absolute Gasteiger partial charge is 0.248 e. The molecule has 41 heavy (non-hydrogen) atoms. The number of aryl methyl sites for hydroxylation is 1. The van der Waals surface area contributed by atoms with Crippen molar-refractivity contribution < 1.29 is 9.53 Å². The van der Waals surface area contributed by atoms with Gasteiger partial charge in [-0.25, -0.2) is 4.99 Å². The Balaban J connectivity index is 1.89. The van der Waals surface area contributed by atoms with E-state index in [1.807, 2.05) is 62.5 Å². The van der Waals surface area contributed by atoms with Gasteiger partial charge in [-0.2, -0.15) is 0 Å². The van der Waals surface area contributed by atoms with E-state index in [4.69, 9.17) is 27.1 Å². The van der Waals surface area contributed by atoms with Crippen molar-refractivity contribution in [1.29, 1.82) is 0 Å². The predicted molar refractivity (Wildman–Crippen MR) is 172 cm³/mol. The van der Waals surface area contributed by atoms with Gasteiger partial charge in [-0.1, -0.05) is 72.9 Å². The zero-order chi connectivity index (χ0) is 29.6. The van der Waals surface area contributed by atoms with Gasteiger partial charge < -0.3 is 15.4 Å². The molecule has 0 bridgehead atoms. The van der Waals surface area contributed by atoms with Gasteiger partial charge in [-0.3, -0.25) is 4.79 Å². The minimum atomic E-state index is -0.471. The molecule has 2 aromatic carbocycles. The molecule has 5 nitrogen and oxygen atoms in total. The van der Waals surface area contributed by atoms with Crippen LogP contribution in [0.1, 0.15) is 49.8 Å². The monoisotopic (exact) mass is 567 g/mol. The number of benzene rings is 2. The van der Waals surface area contributed by atoms with Crippen LogP contribution in [0.5, 0.6) is 0 Å². The van der Waals surface area contributed by atoms with Crippen LogP contribution in [0.15, 0.2) is 101 Å². The van der Waals surface area contributed by atoms with E-state index in [1.165, 1.54) is 0 Å². The molecule has 0 saturated carbocycles. The maximum Gasteiger partial charge on any atom is 0.248 e. The van der Waals surface area contributed by atoms with Crippen LogP contribution in [-0.4, -0.2) is 30.3 Å². The van der Waals surface area contributed by atoms with Crippen molar-refractivity contribution in [2.24, 2.45) is 10.7 Å². The van der Waals surface area contributed by atoms with Gasteiger partial charge in [-0.05, 0) is 85.0 Å². The molecule has 6 heteroatoms. The molecule has 0 atom stereocenters. The van der Waals surface area contributed by atoms with E-state index < -0.39 is 5.91 Å². The number of amidine groups is 1. The standard InChI is InChI=1S/C35H38ClN3O2/c1-5-7-8-9-12-27(11-6-2)28-16-20-32(21-17-28)38-34(39(4)24-30-23-31(36)19-15-26(30)3)25-41-33-14-10-13-29(18-22-33)35(37)40/h6,10-13,15-23H,5,7,14,24-25H2,1-4H3,(H2,37,40)/b11-6-,27-12+,38-34-. The third kappa shape index (κ3) is 10.0. The molecule has 2 aromatic rings. The second-order valence-corrected chi connectivity index (χ2v) is 10.1. The Morgan fingerprint density at radius 2 is 1.98 bits per heavy atom. The number of rotatable bonds is 10. The molecule has 0 fully saturated rings. The van der Waals surface area contributed by atoms with Gasteiger partial charge in [-0.15, -0.1) is 0 Å². The van der Waals surface area contributed by atoms with Crippen molar-refractivity contribution in [2.45, 2.75) is 46.6 Å². The van der Waals surface area contributed by atoms with E-state index >= 15 is 0 Å². The first-order valence-corrected chi connectivity index (χ1v) is 14.1. The van der Waals surface area contributed by atoms with Gasteiger partial charge in [0.1, 0.15) is 18.2 Å². The third-order valence-electron chi connectivity index (χ3n) is 6.41. The summed E-state index contributed by atoms with van der Waals surface area (Å²) in [5.41, 5.74) is 11.1. The first-order chi connectivity index (χ1) is 19.8. The maximum absolute atomic E-state index is 11.6. The van der Waals surface area contributed by atoms with Gasteiger partial charge >= 0.3 is 0 Å². The fourth-order valence-corrected chi connectivity index (χ4v) is 4.23. The first-order valence-electron chi connectivity index (χ1n) is 13.8. The molecule has 212 valence electrons. The Kier molecular flexibility index (Phi) is 12.3. The molecule has 1 amide bonds. The molecule has 0 spiro atoms. The van der Waals surface area contributed by atoms with E-state index in [0.717, 1.165) is 52.4 Å². The van der Waals surface area contributed by atoms with E-state index in [1.54, 1.807) is 18.2 Å². The summed E-state index contributed by atoms with van der Waals surface area (Å²) in [5, 5.41) is 0.695. The highest BCUT2D eigenvalue weighted by molar-refractivity contribution is 6.30. The average molecular weight is 568 g/mol. The van der Waals surface area contributed by atoms with Crippen molar-refractivity contribution in [1.82, 2.24) is 4.90 Å². The lowest BCUT2D eigenvalue weighted by molar-refractivity contribution is -0.114. The molecule has 0 heterocycles. The first kappa shape index (κ1) is 31.3. The number of unbranched alkanes of at least 4 members (excludes halogenated alkanes) is 1. The predicted octanol–water partition coefficient (Wildman–Crippen LogP) is 7.85. The number of allylic oxidation sites excluding steroid dienone is 7. The Bertz CT molecular complexity index is 1460. The summed E-state index contributed by atoms with van der Waals surface area (Å²) in [6.45, 7) is 7.05. The molecule has 1 aliphatic carbocycles. The summed E-state index contributed by atoms with van der Waals surface area (Å²) in [5.74, 6) is 7.34. The highest BCUT2D eigenvalue weighted by Crippen LogP contribution is 2.22.